The summed E-state index contributed by atoms with van der Waals surface area (Å²) in [6.07, 6.45) is 0. The van der Waals surface area contributed by atoms with E-state index in [9.17, 15) is 9.90 Å². The SMILES string of the molecule is O=c1[nH]nc(-c2ccccc2)c2c1Nc1nnnn1[C@H]2c1cccc(O)c1. The van der Waals surface area contributed by atoms with E-state index in [0.717, 1.165) is 11.1 Å². The lowest BCUT2D eigenvalue weighted by atomic mass is 9.92. The van der Waals surface area contributed by atoms with Gasteiger partial charge in [-0.1, -0.05) is 47.6 Å². The topological polar surface area (TPSA) is 122 Å². The lowest BCUT2D eigenvalue weighted by molar-refractivity contribution is 0.472. The molecule has 0 saturated carbocycles. The number of rotatable bonds is 2. The van der Waals surface area contributed by atoms with Crippen LogP contribution < -0.4 is 10.9 Å². The molecular weight excluding hydrogens is 346 g/mol. The zero-order valence-corrected chi connectivity index (χ0v) is 13.9. The van der Waals surface area contributed by atoms with E-state index in [-0.39, 0.29) is 11.3 Å². The molecule has 2 aromatic heterocycles. The Morgan fingerprint density at radius 1 is 1.07 bits per heavy atom. The molecule has 5 rings (SSSR count). The molecule has 0 fully saturated rings. The van der Waals surface area contributed by atoms with Gasteiger partial charge in [0, 0.05) is 11.1 Å². The molecule has 0 radical (unpaired) electrons. The number of hydrogen-bond acceptors (Lipinski definition) is 7. The number of aromatic hydroxyl groups is 1. The normalized spacial score (nSPS) is 14.9. The smallest absolute Gasteiger partial charge is 0.288 e. The second-order valence-electron chi connectivity index (χ2n) is 6.13. The number of fused-ring (bicyclic) bond motifs is 2. The molecule has 3 heterocycles. The monoisotopic (exact) mass is 359 g/mol. The maximum absolute atomic E-state index is 12.5. The Labute approximate surface area is 152 Å². The first kappa shape index (κ1) is 15.3. The van der Waals surface area contributed by atoms with Crippen LogP contribution >= 0.6 is 0 Å². The fourth-order valence-electron chi connectivity index (χ4n) is 3.36. The predicted octanol–water partition coefficient (Wildman–Crippen LogP) is 1.82. The Morgan fingerprint density at radius 2 is 1.93 bits per heavy atom. The molecule has 0 amide bonds. The van der Waals surface area contributed by atoms with E-state index in [0.29, 0.717) is 22.9 Å². The number of anilines is 2. The number of nitrogens with zero attached hydrogens (tertiary/aromatic N) is 5. The molecule has 0 aliphatic carbocycles. The van der Waals surface area contributed by atoms with Gasteiger partial charge in [-0.05, 0) is 28.1 Å². The highest BCUT2D eigenvalue weighted by molar-refractivity contribution is 5.75. The third-order valence-corrected chi connectivity index (χ3v) is 4.50. The van der Waals surface area contributed by atoms with Crippen molar-refractivity contribution < 1.29 is 5.11 Å². The van der Waals surface area contributed by atoms with Crippen LogP contribution in [0.2, 0.25) is 0 Å². The Bertz CT molecular complexity index is 1200. The molecule has 1 atom stereocenters. The fourth-order valence-corrected chi connectivity index (χ4v) is 3.36. The summed E-state index contributed by atoms with van der Waals surface area (Å²) in [5.74, 6) is 0.452. The average Bonchev–Trinajstić information content (AvgIpc) is 3.16. The maximum Gasteiger partial charge on any atom is 0.288 e. The summed E-state index contributed by atoms with van der Waals surface area (Å²) in [4.78, 5) is 12.5. The van der Waals surface area contributed by atoms with E-state index >= 15 is 0 Å². The van der Waals surface area contributed by atoms with Gasteiger partial charge in [0.05, 0.1) is 5.69 Å². The number of phenolic OH excluding ortho intramolecular Hbond substituents is 1. The molecule has 27 heavy (non-hydrogen) atoms. The van der Waals surface area contributed by atoms with Gasteiger partial charge in [0.1, 0.15) is 17.5 Å². The number of tetrazole rings is 1. The Morgan fingerprint density at radius 3 is 2.74 bits per heavy atom. The van der Waals surface area contributed by atoms with E-state index in [1.54, 1.807) is 22.9 Å². The lowest BCUT2D eigenvalue weighted by Gasteiger charge is -2.27. The highest BCUT2D eigenvalue weighted by Gasteiger charge is 2.34. The van der Waals surface area contributed by atoms with Crippen molar-refractivity contribution in [1.82, 2.24) is 30.4 Å². The van der Waals surface area contributed by atoms with Gasteiger partial charge in [0.2, 0.25) is 5.95 Å². The highest BCUT2D eigenvalue weighted by Crippen LogP contribution is 2.41. The molecule has 0 saturated heterocycles. The van der Waals surface area contributed by atoms with Gasteiger partial charge in [-0.15, -0.1) is 0 Å². The van der Waals surface area contributed by atoms with Gasteiger partial charge in [-0.25, -0.2) is 5.10 Å². The Kier molecular flexibility index (Phi) is 3.26. The molecule has 2 aromatic carbocycles. The van der Waals surface area contributed by atoms with E-state index in [1.165, 1.54) is 0 Å². The molecule has 132 valence electrons. The van der Waals surface area contributed by atoms with Crippen LogP contribution in [0.3, 0.4) is 0 Å². The molecule has 4 aromatic rings. The molecule has 0 spiro atoms. The lowest BCUT2D eigenvalue weighted by Crippen LogP contribution is -2.29. The molecule has 9 heteroatoms. The van der Waals surface area contributed by atoms with Crippen molar-refractivity contribution in [3.63, 3.8) is 0 Å². The van der Waals surface area contributed by atoms with E-state index < -0.39 is 6.04 Å². The summed E-state index contributed by atoms with van der Waals surface area (Å²) in [6.45, 7) is 0. The summed E-state index contributed by atoms with van der Waals surface area (Å²) >= 11 is 0. The van der Waals surface area contributed by atoms with Crippen molar-refractivity contribution in [3.05, 3.63) is 76.1 Å². The minimum atomic E-state index is -0.525. The summed E-state index contributed by atoms with van der Waals surface area (Å²) in [5.41, 5.74) is 2.77. The number of benzene rings is 2. The summed E-state index contributed by atoms with van der Waals surface area (Å²) in [5, 5.41) is 31.6. The van der Waals surface area contributed by atoms with Crippen LogP contribution in [0, 0.1) is 0 Å². The van der Waals surface area contributed by atoms with Crippen LogP contribution in [0.25, 0.3) is 11.3 Å². The maximum atomic E-state index is 12.5. The van der Waals surface area contributed by atoms with Gasteiger partial charge in [0.25, 0.3) is 5.56 Å². The van der Waals surface area contributed by atoms with Gasteiger partial charge in [0.15, 0.2) is 0 Å². The molecular formula is C18H13N7O2. The van der Waals surface area contributed by atoms with Crippen molar-refractivity contribution in [3.8, 4) is 17.0 Å². The number of aromatic nitrogens is 6. The molecule has 3 N–H and O–H groups in total. The van der Waals surface area contributed by atoms with Crippen molar-refractivity contribution in [2.75, 3.05) is 5.32 Å². The molecule has 1 aliphatic rings. The van der Waals surface area contributed by atoms with Gasteiger partial charge < -0.3 is 10.4 Å². The van der Waals surface area contributed by atoms with Crippen LogP contribution in [0.4, 0.5) is 11.6 Å². The first-order chi connectivity index (χ1) is 13.2. The second-order valence-corrected chi connectivity index (χ2v) is 6.13. The Hall–Kier alpha value is -4.01. The van der Waals surface area contributed by atoms with Gasteiger partial charge >= 0.3 is 0 Å². The largest absolute Gasteiger partial charge is 0.508 e. The van der Waals surface area contributed by atoms with Crippen molar-refractivity contribution >= 4 is 11.6 Å². The van der Waals surface area contributed by atoms with Crippen molar-refractivity contribution in [1.29, 1.82) is 0 Å². The Balaban J connectivity index is 1.84. The van der Waals surface area contributed by atoms with E-state index in [1.807, 2.05) is 36.4 Å². The predicted molar refractivity (Wildman–Crippen MR) is 96.7 cm³/mol. The van der Waals surface area contributed by atoms with Crippen LogP contribution in [0.1, 0.15) is 17.2 Å². The third-order valence-electron chi connectivity index (χ3n) is 4.50. The first-order valence-electron chi connectivity index (χ1n) is 8.24. The zero-order valence-electron chi connectivity index (χ0n) is 13.9. The van der Waals surface area contributed by atoms with Crippen molar-refractivity contribution in [2.24, 2.45) is 0 Å². The fraction of sp³-hybridized carbons (Fsp3) is 0.0556. The molecule has 0 unspecified atom stereocenters. The number of phenols is 1. The molecule has 0 bridgehead atoms. The van der Waals surface area contributed by atoms with Crippen LogP contribution in [0.15, 0.2) is 59.4 Å². The third kappa shape index (κ3) is 2.36. The highest BCUT2D eigenvalue weighted by atomic mass is 16.3. The molecule has 9 nitrogen and oxygen atoms in total. The number of hydrogen-bond donors (Lipinski definition) is 3. The van der Waals surface area contributed by atoms with Crippen molar-refractivity contribution in [2.45, 2.75) is 6.04 Å². The number of nitrogens with one attached hydrogen (secondary N) is 2. The van der Waals surface area contributed by atoms with Gasteiger partial charge in [-0.2, -0.15) is 9.78 Å². The van der Waals surface area contributed by atoms with Crippen LogP contribution in [0.5, 0.6) is 5.75 Å². The van der Waals surface area contributed by atoms with Crippen LogP contribution in [-0.2, 0) is 0 Å². The standard InChI is InChI=1S/C18H13N7O2/c26-12-8-4-7-11(9-12)16-13-14(10-5-2-1-3-6-10)20-21-17(27)15(13)19-18-22-23-24-25(16)18/h1-9,16,26H,(H,21,27)(H,19,22,24)/t16-/m0/s1. The first-order valence-corrected chi connectivity index (χ1v) is 8.24. The summed E-state index contributed by atoms with van der Waals surface area (Å²) < 4.78 is 1.57. The summed E-state index contributed by atoms with van der Waals surface area (Å²) in [6, 6.07) is 15.8. The molecule has 1 aliphatic heterocycles. The zero-order chi connectivity index (χ0) is 18.4. The van der Waals surface area contributed by atoms with E-state index in [2.05, 4.69) is 31.0 Å². The van der Waals surface area contributed by atoms with E-state index in [4.69, 9.17) is 0 Å². The second kappa shape index (κ2) is 5.77. The number of aromatic amines is 1. The minimum Gasteiger partial charge on any atom is -0.508 e. The van der Waals surface area contributed by atoms with Crippen LogP contribution in [-0.4, -0.2) is 35.5 Å². The number of H-pyrrole nitrogens is 1. The average molecular weight is 359 g/mol. The minimum absolute atomic E-state index is 0.112. The summed E-state index contributed by atoms with van der Waals surface area (Å²) in [7, 11) is 0. The quantitative estimate of drug-likeness (QED) is 0.439. The van der Waals surface area contributed by atoms with Gasteiger partial charge in [-0.3, -0.25) is 4.79 Å².